The second-order valence-electron chi connectivity index (χ2n) is 4.86. The van der Waals surface area contributed by atoms with E-state index in [1.54, 1.807) is 0 Å². The van der Waals surface area contributed by atoms with E-state index in [9.17, 15) is 14.4 Å². The molecule has 3 amide bonds. The largest absolute Gasteiger partial charge is 0.329 e. The quantitative estimate of drug-likeness (QED) is 0.825. The molecule has 0 bridgehead atoms. The predicted molar refractivity (Wildman–Crippen MR) is 71.0 cm³/mol. The molecule has 0 saturated carbocycles. The van der Waals surface area contributed by atoms with Gasteiger partial charge >= 0.3 is 6.03 Å². The van der Waals surface area contributed by atoms with Crippen LogP contribution in [-0.4, -0.2) is 22.5 Å². The van der Waals surface area contributed by atoms with Crippen molar-refractivity contribution in [3.8, 4) is 0 Å². The third-order valence-corrected chi connectivity index (χ3v) is 3.20. The van der Waals surface area contributed by atoms with Crippen molar-refractivity contribution in [2.75, 3.05) is 4.90 Å². The number of aromatic nitrogens is 1. The van der Waals surface area contributed by atoms with Crippen LogP contribution in [0, 0.1) is 5.92 Å². The van der Waals surface area contributed by atoms with Crippen LogP contribution in [0.5, 0.6) is 0 Å². The Morgan fingerprint density at radius 3 is 2.47 bits per heavy atom. The maximum absolute atomic E-state index is 12.2. The summed E-state index contributed by atoms with van der Waals surface area (Å²) < 4.78 is 1.46. The van der Waals surface area contributed by atoms with Gasteiger partial charge in [-0.3, -0.25) is 9.59 Å². The third kappa shape index (κ3) is 2.25. The van der Waals surface area contributed by atoms with E-state index in [1.165, 1.54) is 22.9 Å². The molecule has 1 aliphatic heterocycles. The van der Waals surface area contributed by atoms with Gasteiger partial charge in [0.05, 0.1) is 5.69 Å². The molecule has 0 radical (unpaired) electrons. The Morgan fingerprint density at radius 2 is 1.95 bits per heavy atom. The first-order chi connectivity index (χ1) is 8.95. The summed E-state index contributed by atoms with van der Waals surface area (Å²) in [7, 11) is 0. The zero-order chi connectivity index (χ0) is 14.2. The number of amides is 3. The van der Waals surface area contributed by atoms with Gasteiger partial charge in [0.1, 0.15) is 6.04 Å². The average Bonchev–Trinajstić information content (AvgIpc) is 2.66. The van der Waals surface area contributed by atoms with E-state index in [4.69, 9.17) is 0 Å². The van der Waals surface area contributed by atoms with E-state index < -0.39 is 12.1 Å². The molecule has 1 aliphatic rings. The summed E-state index contributed by atoms with van der Waals surface area (Å²) in [5.74, 6) is -0.250. The lowest BCUT2D eigenvalue weighted by Gasteiger charge is -2.15. The van der Waals surface area contributed by atoms with Gasteiger partial charge in [-0.1, -0.05) is 13.8 Å². The smallest absolute Gasteiger partial charge is 0.325 e. The molecule has 0 spiro atoms. The third-order valence-electron chi connectivity index (χ3n) is 3.20. The molecule has 6 nitrogen and oxygen atoms in total. The summed E-state index contributed by atoms with van der Waals surface area (Å²) in [5, 5.41) is 2.65. The van der Waals surface area contributed by atoms with Crippen LogP contribution in [0.1, 0.15) is 20.8 Å². The van der Waals surface area contributed by atoms with Crippen LogP contribution >= 0.6 is 0 Å². The lowest BCUT2D eigenvalue weighted by Crippen LogP contribution is -2.35. The van der Waals surface area contributed by atoms with Crippen LogP contribution in [-0.2, 0) is 11.3 Å². The molecule has 1 aromatic rings. The Labute approximate surface area is 111 Å². The second kappa shape index (κ2) is 4.87. The van der Waals surface area contributed by atoms with Crippen LogP contribution in [0.3, 0.4) is 0 Å². The van der Waals surface area contributed by atoms with Crippen LogP contribution < -0.4 is 15.8 Å². The number of hydrogen-bond acceptors (Lipinski definition) is 3. The van der Waals surface area contributed by atoms with Crippen LogP contribution in [0.4, 0.5) is 10.5 Å². The molecular weight excluding hydrogens is 246 g/mol. The van der Waals surface area contributed by atoms with E-state index in [1.807, 2.05) is 20.8 Å². The monoisotopic (exact) mass is 263 g/mol. The van der Waals surface area contributed by atoms with E-state index in [0.29, 0.717) is 12.2 Å². The average molecular weight is 263 g/mol. The minimum atomic E-state index is -0.505. The summed E-state index contributed by atoms with van der Waals surface area (Å²) in [4.78, 5) is 36.7. The van der Waals surface area contributed by atoms with Crippen molar-refractivity contribution in [3.05, 3.63) is 28.7 Å². The van der Waals surface area contributed by atoms with Crippen LogP contribution in [0.2, 0.25) is 0 Å². The molecule has 1 saturated heterocycles. The predicted octanol–water partition coefficient (Wildman–Crippen LogP) is 0.949. The molecule has 1 atom stereocenters. The van der Waals surface area contributed by atoms with Gasteiger partial charge in [-0.05, 0) is 18.9 Å². The van der Waals surface area contributed by atoms with Crippen molar-refractivity contribution < 1.29 is 9.59 Å². The lowest BCUT2D eigenvalue weighted by atomic mass is 10.1. The minimum absolute atomic E-state index is 0.0264. The molecule has 0 aliphatic carbocycles. The van der Waals surface area contributed by atoms with Crippen molar-refractivity contribution in [1.29, 1.82) is 0 Å². The van der Waals surface area contributed by atoms with Crippen molar-refractivity contribution in [1.82, 2.24) is 9.88 Å². The zero-order valence-electron chi connectivity index (χ0n) is 11.2. The van der Waals surface area contributed by atoms with Gasteiger partial charge < -0.3 is 9.88 Å². The highest BCUT2D eigenvalue weighted by Gasteiger charge is 2.40. The van der Waals surface area contributed by atoms with E-state index in [0.717, 1.165) is 4.90 Å². The molecule has 0 aromatic carbocycles. The highest BCUT2D eigenvalue weighted by molar-refractivity contribution is 6.21. The number of carbonyl (C=O) groups excluding carboxylic acids is 2. The maximum Gasteiger partial charge on any atom is 0.329 e. The van der Waals surface area contributed by atoms with Gasteiger partial charge in [-0.25, -0.2) is 9.69 Å². The molecule has 2 rings (SSSR count). The molecule has 1 aromatic heterocycles. The summed E-state index contributed by atoms with van der Waals surface area (Å²) in [5.41, 5.74) is 0.269. The number of carbonyl (C=O) groups is 2. The summed E-state index contributed by atoms with van der Waals surface area (Å²) in [6.07, 6.45) is 1.53. The second-order valence-corrected chi connectivity index (χ2v) is 4.86. The highest BCUT2D eigenvalue weighted by Crippen LogP contribution is 2.21. The Balaban J connectivity index is 2.39. The Hall–Kier alpha value is -2.11. The molecule has 6 heteroatoms. The number of hydrogen-bond donors (Lipinski definition) is 1. The molecule has 1 unspecified atom stereocenters. The van der Waals surface area contributed by atoms with Crippen molar-refractivity contribution in [2.45, 2.75) is 33.4 Å². The first-order valence-corrected chi connectivity index (χ1v) is 6.30. The standard InChI is InChI=1S/C13H17N3O3/c1-4-15-7-9(5-6-10(15)17)16-12(18)11(8(2)3)14-13(16)19/h5-8,11H,4H2,1-3H3,(H,14,19). The summed E-state index contributed by atoms with van der Waals surface area (Å²) in [6.45, 7) is 6.07. The maximum atomic E-state index is 12.2. The van der Waals surface area contributed by atoms with Crippen molar-refractivity contribution in [3.63, 3.8) is 0 Å². The molecule has 1 N–H and O–H groups in total. The Kier molecular flexibility index (Phi) is 3.42. The van der Waals surface area contributed by atoms with Crippen LogP contribution in [0.25, 0.3) is 0 Å². The van der Waals surface area contributed by atoms with Gasteiger partial charge in [0.15, 0.2) is 0 Å². The Bertz CT molecular complexity index is 577. The van der Waals surface area contributed by atoms with Gasteiger partial charge in [0.2, 0.25) is 0 Å². The zero-order valence-corrected chi connectivity index (χ0v) is 11.2. The molecule has 102 valence electrons. The van der Waals surface area contributed by atoms with E-state index in [2.05, 4.69) is 5.32 Å². The lowest BCUT2D eigenvalue weighted by molar-refractivity contribution is -0.119. The topological polar surface area (TPSA) is 71.4 Å². The van der Waals surface area contributed by atoms with E-state index in [-0.39, 0.29) is 17.4 Å². The molecule has 1 fully saturated rings. The number of nitrogens with zero attached hydrogens (tertiary/aromatic N) is 2. The highest BCUT2D eigenvalue weighted by atomic mass is 16.2. The van der Waals surface area contributed by atoms with Crippen molar-refractivity contribution >= 4 is 17.6 Å². The fourth-order valence-electron chi connectivity index (χ4n) is 2.09. The van der Waals surface area contributed by atoms with Gasteiger partial charge in [0, 0.05) is 18.8 Å². The number of anilines is 1. The summed E-state index contributed by atoms with van der Waals surface area (Å²) >= 11 is 0. The fourth-order valence-corrected chi connectivity index (χ4v) is 2.09. The fraction of sp³-hybridized carbons (Fsp3) is 0.462. The number of pyridine rings is 1. The molecule has 19 heavy (non-hydrogen) atoms. The first-order valence-electron chi connectivity index (χ1n) is 6.30. The number of nitrogens with one attached hydrogen (secondary N) is 1. The summed E-state index contributed by atoms with van der Waals surface area (Å²) in [6, 6.07) is 1.91. The number of imide groups is 1. The van der Waals surface area contributed by atoms with Gasteiger partial charge in [-0.2, -0.15) is 0 Å². The van der Waals surface area contributed by atoms with Gasteiger partial charge in [-0.15, -0.1) is 0 Å². The minimum Gasteiger partial charge on any atom is -0.325 e. The van der Waals surface area contributed by atoms with Crippen LogP contribution in [0.15, 0.2) is 23.1 Å². The number of aryl methyl sites for hydroxylation is 1. The number of rotatable bonds is 3. The Morgan fingerprint density at radius 1 is 1.26 bits per heavy atom. The van der Waals surface area contributed by atoms with Gasteiger partial charge in [0.25, 0.3) is 11.5 Å². The van der Waals surface area contributed by atoms with Crippen molar-refractivity contribution in [2.24, 2.45) is 5.92 Å². The molecular formula is C13H17N3O3. The first kappa shape index (κ1) is 13.3. The normalized spacial score (nSPS) is 19.2. The van der Waals surface area contributed by atoms with E-state index >= 15 is 0 Å². The molecule has 2 heterocycles. The number of urea groups is 1. The SMILES string of the molecule is CCn1cc(N2C(=O)NC(C(C)C)C2=O)ccc1=O.